The van der Waals surface area contributed by atoms with Crippen molar-refractivity contribution in [1.29, 1.82) is 0 Å². The molecule has 1 amide bonds. The monoisotopic (exact) mass is 565 g/mol. The molecule has 1 aliphatic heterocycles. The van der Waals surface area contributed by atoms with Gasteiger partial charge in [0.1, 0.15) is 6.33 Å². The number of hydrogen-bond acceptors (Lipinski definition) is 6. The Morgan fingerprint density at radius 2 is 1.82 bits per heavy atom. The summed E-state index contributed by atoms with van der Waals surface area (Å²) in [5.41, 5.74) is -0.0655. The van der Waals surface area contributed by atoms with E-state index in [0.29, 0.717) is 50.3 Å². The van der Waals surface area contributed by atoms with Crippen LogP contribution in [0.5, 0.6) is 0 Å². The highest BCUT2D eigenvalue weighted by Gasteiger charge is 2.36. The lowest BCUT2D eigenvalue weighted by Crippen LogP contribution is -2.37. The van der Waals surface area contributed by atoms with E-state index >= 15 is 4.39 Å². The van der Waals surface area contributed by atoms with Gasteiger partial charge < -0.3 is 19.9 Å². The van der Waals surface area contributed by atoms with Gasteiger partial charge in [-0.2, -0.15) is 13.2 Å². The molecule has 4 rings (SSSR count). The van der Waals surface area contributed by atoms with Crippen molar-refractivity contribution in [2.75, 3.05) is 45.3 Å². The smallest absolute Gasteiger partial charge is 0.381 e. The van der Waals surface area contributed by atoms with E-state index in [2.05, 4.69) is 20.2 Å². The average Bonchev–Trinajstić information content (AvgIpc) is 3.75. The maximum Gasteiger partial charge on any atom is 0.416 e. The number of aromatic nitrogens is 2. The first kappa shape index (κ1) is 30.2. The SMILES string of the molecule is CN(C)CCCNC(=O)CC1(CCc2ncnc(N(Cc3ccc(C(F)(F)F)cc3)C3CC3)c2F)CCOCC1. The van der Waals surface area contributed by atoms with Crippen LogP contribution in [0, 0.1) is 11.2 Å². The van der Waals surface area contributed by atoms with Gasteiger partial charge in [-0.05, 0) is 88.7 Å². The fraction of sp³-hybridized carbons (Fsp3) is 0.621. The summed E-state index contributed by atoms with van der Waals surface area (Å²) in [6.07, 6.45) is 2.30. The number of benzene rings is 1. The van der Waals surface area contributed by atoms with Gasteiger partial charge >= 0.3 is 6.18 Å². The molecular formula is C29H39F4N5O2. The Hall–Kier alpha value is -2.79. The van der Waals surface area contributed by atoms with Crippen molar-refractivity contribution >= 4 is 11.7 Å². The first-order valence-corrected chi connectivity index (χ1v) is 14.0. The van der Waals surface area contributed by atoms with Crippen molar-refractivity contribution in [3.63, 3.8) is 0 Å². The number of nitrogens with zero attached hydrogens (tertiary/aromatic N) is 4. The van der Waals surface area contributed by atoms with Crippen LogP contribution in [0.25, 0.3) is 0 Å². The van der Waals surface area contributed by atoms with Crippen molar-refractivity contribution in [1.82, 2.24) is 20.2 Å². The molecule has 0 unspecified atom stereocenters. The number of ether oxygens (including phenoxy) is 1. The van der Waals surface area contributed by atoms with E-state index in [0.717, 1.165) is 50.8 Å². The van der Waals surface area contributed by atoms with Gasteiger partial charge in [-0.3, -0.25) is 4.79 Å². The molecule has 40 heavy (non-hydrogen) atoms. The zero-order valence-electron chi connectivity index (χ0n) is 23.3. The van der Waals surface area contributed by atoms with E-state index in [-0.39, 0.29) is 29.7 Å². The molecule has 0 atom stereocenters. The van der Waals surface area contributed by atoms with Crippen LogP contribution in [0.1, 0.15) is 61.8 Å². The summed E-state index contributed by atoms with van der Waals surface area (Å²) >= 11 is 0. The third-order valence-electron chi connectivity index (χ3n) is 7.82. The summed E-state index contributed by atoms with van der Waals surface area (Å²) in [5.74, 6) is -0.329. The quantitative estimate of drug-likeness (QED) is 0.273. The van der Waals surface area contributed by atoms with Crippen LogP contribution in [0.3, 0.4) is 0 Å². The average molecular weight is 566 g/mol. The highest BCUT2D eigenvalue weighted by atomic mass is 19.4. The zero-order chi connectivity index (χ0) is 28.8. The standard InChI is InChI=1S/C29H39F4N5O2/c1-37(2)15-3-14-34-25(39)18-28(12-16-40-17-13-28)11-10-24-26(30)27(36-20-35-24)38(23-8-9-23)19-21-4-6-22(7-5-21)29(31,32)33/h4-7,20,23H,3,8-19H2,1-2H3,(H,34,39). The molecule has 11 heteroatoms. The molecule has 1 aliphatic carbocycles. The van der Waals surface area contributed by atoms with Crippen LogP contribution < -0.4 is 10.2 Å². The van der Waals surface area contributed by atoms with E-state index in [1.54, 1.807) is 0 Å². The lowest BCUT2D eigenvalue weighted by molar-refractivity contribution is -0.137. The van der Waals surface area contributed by atoms with Gasteiger partial charge in [-0.1, -0.05) is 12.1 Å². The first-order valence-electron chi connectivity index (χ1n) is 14.0. The molecule has 0 spiro atoms. The van der Waals surface area contributed by atoms with Gasteiger partial charge in [0.15, 0.2) is 11.6 Å². The van der Waals surface area contributed by atoms with Crippen molar-refractivity contribution < 1.29 is 27.1 Å². The molecule has 0 radical (unpaired) electrons. The molecule has 0 bridgehead atoms. The number of amides is 1. The van der Waals surface area contributed by atoms with Crippen molar-refractivity contribution in [3.8, 4) is 0 Å². The molecular weight excluding hydrogens is 526 g/mol. The van der Waals surface area contributed by atoms with Gasteiger partial charge in [0.2, 0.25) is 5.91 Å². The number of carbonyl (C=O) groups excluding carboxylic acids is 1. The largest absolute Gasteiger partial charge is 0.416 e. The summed E-state index contributed by atoms with van der Waals surface area (Å²) in [6, 6.07) is 5.04. The van der Waals surface area contributed by atoms with Crippen LogP contribution in [-0.4, -0.2) is 67.2 Å². The van der Waals surface area contributed by atoms with Gasteiger partial charge in [0.05, 0.1) is 11.3 Å². The molecule has 7 nitrogen and oxygen atoms in total. The predicted molar refractivity (Wildman–Crippen MR) is 144 cm³/mol. The number of halogens is 4. The predicted octanol–water partition coefficient (Wildman–Crippen LogP) is 4.99. The lowest BCUT2D eigenvalue weighted by Gasteiger charge is -2.37. The Morgan fingerprint density at radius 3 is 2.45 bits per heavy atom. The zero-order valence-corrected chi connectivity index (χ0v) is 23.3. The van der Waals surface area contributed by atoms with E-state index < -0.39 is 17.6 Å². The minimum Gasteiger partial charge on any atom is -0.381 e. The summed E-state index contributed by atoms with van der Waals surface area (Å²) < 4.78 is 60.3. The van der Waals surface area contributed by atoms with Gasteiger partial charge in [0, 0.05) is 38.8 Å². The topological polar surface area (TPSA) is 70.6 Å². The molecule has 1 aromatic carbocycles. The summed E-state index contributed by atoms with van der Waals surface area (Å²) in [7, 11) is 3.99. The number of nitrogens with one attached hydrogen (secondary N) is 1. The highest BCUT2D eigenvalue weighted by Crippen LogP contribution is 2.40. The highest BCUT2D eigenvalue weighted by molar-refractivity contribution is 5.76. The number of rotatable bonds is 13. The van der Waals surface area contributed by atoms with E-state index in [4.69, 9.17) is 4.74 Å². The summed E-state index contributed by atoms with van der Waals surface area (Å²) in [4.78, 5) is 25.2. The van der Waals surface area contributed by atoms with Crippen LogP contribution >= 0.6 is 0 Å². The van der Waals surface area contributed by atoms with Gasteiger partial charge in [-0.25, -0.2) is 14.4 Å². The number of alkyl halides is 3. The maximum absolute atomic E-state index is 15.8. The van der Waals surface area contributed by atoms with Crippen molar-refractivity contribution in [2.45, 2.75) is 70.1 Å². The summed E-state index contributed by atoms with van der Waals surface area (Å²) in [6.45, 7) is 2.89. The number of anilines is 1. The molecule has 2 aliphatic rings. The Bertz CT molecular complexity index is 1120. The Balaban J connectivity index is 1.43. The van der Waals surface area contributed by atoms with Gasteiger partial charge in [-0.15, -0.1) is 0 Å². The molecule has 1 saturated heterocycles. The van der Waals surface area contributed by atoms with Gasteiger partial charge in [0.25, 0.3) is 0 Å². The Kier molecular flexibility index (Phi) is 9.99. The van der Waals surface area contributed by atoms with Crippen molar-refractivity contribution in [3.05, 3.63) is 53.2 Å². The lowest BCUT2D eigenvalue weighted by atomic mass is 9.73. The molecule has 1 saturated carbocycles. The van der Waals surface area contributed by atoms with Crippen LogP contribution in [0.4, 0.5) is 23.4 Å². The van der Waals surface area contributed by atoms with E-state index in [1.165, 1.54) is 18.5 Å². The molecule has 1 N–H and O–H groups in total. The van der Waals surface area contributed by atoms with Crippen LogP contribution in [-0.2, 0) is 28.7 Å². The fourth-order valence-electron chi connectivity index (χ4n) is 5.26. The van der Waals surface area contributed by atoms with E-state index in [9.17, 15) is 18.0 Å². The summed E-state index contributed by atoms with van der Waals surface area (Å²) in [5, 5.41) is 3.02. The number of carbonyl (C=O) groups is 1. The Labute approximate surface area is 233 Å². The maximum atomic E-state index is 15.8. The van der Waals surface area contributed by atoms with Crippen LogP contribution in [0.15, 0.2) is 30.6 Å². The second kappa shape index (κ2) is 13.2. The molecule has 2 fully saturated rings. The molecule has 2 heterocycles. The Morgan fingerprint density at radius 1 is 1.12 bits per heavy atom. The molecule has 220 valence electrons. The molecule has 2 aromatic rings. The van der Waals surface area contributed by atoms with Crippen LogP contribution in [0.2, 0.25) is 0 Å². The first-order chi connectivity index (χ1) is 19.1. The number of hydrogen-bond donors (Lipinski definition) is 1. The fourth-order valence-corrected chi connectivity index (χ4v) is 5.26. The molecule has 1 aromatic heterocycles. The van der Waals surface area contributed by atoms with E-state index in [1.807, 2.05) is 19.0 Å². The number of aryl methyl sites for hydroxylation is 1. The third-order valence-corrected chi connectivity index (χ3v) is 7.82. The van der Waals surface area contributed by atoms with Crippen molar-refractivity contribution in [2.24, 2.45) is 5.41 Å². The normalized spacial score (nSPS) is 17.2. The third kappa shape index (κ3) is 8.36. The second-order valence-electron chi connectivity index (χ2n) is 11.3. The minimum atomic E-state index is -4.41. The minimum absolute atomic E-state index is 0.000884. The second-order valence-corrected chi connectivity index (χ2v) is 11.3.